The zero-order chi connectivity index (χ0) is 29.1. The van der Waals surface area contributed by atoms with Crippen LogP contribution in [0.25, 0.3) is 0 Å². The molecule has 212 valence electrons. The van der Waals surface area contributed by atoms with E-state index < -0.39 is 86.9 Å². The minimum Gasteiger partial charge on any atom is -0.510 e. The Morgan fingerprint density at radius 3 is 2.44 bits per heavy atom. The highest BCUT2D eigenvalue weighted by Gasteiger charge is 2.58. The van der Waals surface area contributed by atoms with Crippen LogP contribution in [0.15, 0.2) is 28.7 Å². The summed E-state index contributed by atoms with van der Waals surface area (Å²) in [6.45, 7) is 3.42. The molecule has 10 nitrogen and oxygen atoms in total. The Hall–Kier alpha value is -3.35. The number of carbonyl (C=O) groups excluding carboxylic acids is 3. The summed E-state index contributed by atoms with van der Waals surface area (Å²) in [5.41, 5.74) is 0.718. The number of allylic oxidation sites excluding steroid dienone is 1. The van der Waals surface area contributed by atoms with Crippen LogP contribution in [0.4, 0.5) is 8.78 Å². The number of halogens is 2. The Labute approximate surface area is 224 Å². The van der Waals surface area contributed by atoms with Crippen molar-refractivity contribution < 1.29 is 43.6 Å². The molecule has 0 radical (unpaired) electrons. The lowest BCUT2D eigenvalue weighted by molar-refractivity contribution is -0.144. The average molecular weight is 550 g/mol. The highest BCUT2D eigenvalue weighted by molar-refractivity contribution is 6.24. The second-order valence-electron chi connectivity index (χ2n) is 11.0. The average Bonchev–Trinajstić information content (AvgIpc) is 3.24. The lowest BCUT2D eigenvalue weighted by Gasteiger charge is -2.44. The molecule has 1 aromatic carbocycles. The first-order chi connectivity index (χ1) is 18.1. The smallest absolute Gasteiger partial charge is 0.255 e. The van der Waals surface area contributed by atoms with Gasteiger partial charge in [-0.3, -0.25) is 24.2 Å². The Bertz CT molecular complexity index is 1320. The van der Waals surface area contributed by atoms with Crippen LogP contribution >= 0.6 is 0 Å². The van der Waals surface area contributed by atoms with Gasteiger partial charge in [-0.25, -0.2) is 8.78 Å². The van der Waals surface area contributed by atoms with Crippen LogP contribution in [0.5, 0.6) is 5.75 Å². The molecule has 1 amide bonds. The number of amides is 1. The fraction of sp³-hybridized carbons (Fsp3) is 0.519. The summed E-state index contributed by atoms with van der Waals surface area (Å²) in [7, 11) is 3.02. The second-order valence-corrected chi connectivity index (χ2v) is 11.0. The van der Waals surface area contributed by atoms with Crippen LogP contribution in [-0.4, -0.2) is 92.7 Å². The number of hydrogen-bond acceptors (Lipinski definition) is 9. The summed E-state index contributed by atoms with van der Waals surface area (Å²) in [5.74, 6) is -8.91. The molecular formula is C27H33F2N3O7. The normalized spacial score (nSPS) is 31.2. The van der Waals surface area contributed by atoms with E-state index in [1.807, 2.05) is 0 Å². The molecule has 4 rings (SSSR count). The Morgan fingerprint density at radius 2 is 1.90 bits per heavy atom. The van der Waals surface area contributed by atoms with E-state index >= 15 is 4.39 Å². The lowest BCUT2D eigenvalue weighted by atomic mass is 9.67. The quantitative estimate of drug-likeness (QED) is 0.208. The van der Waals surface area contributed by atoms with Crippen molar-refractivity contribution in [2.45, 2.75) is 51.0 Å². The maximum atomic E-state index is 15.6. The van der Waals surface area contributed by atoms with Gasteiger partial charge in [0.1, 0.15) is 34.8 Å². The zero-order valence-electron chi connectivity index (χ0n) is 22.2. The maximum Gasteiger partial charge on any atom is 0.255 e. The van der Waals surface area contributed by atoms with E-state index in [1.165, 1.54) is 32.8 Å². The molecule has 1 saturated heterocycles. The molecule has 0 saturated carbocycles. The maximum absolute atomic E-state index is 15.6. The summed E-state index contributed by atoms with van der Waals surface area (Å²) in [5, 5.41) is 44.4. The number of likely N-dealkylation sites (N-methyl/N-ethyl adjacent to an activating group) is 1. The number of likely N-dealkylation sites (tertiary alicyclic amines) is 1. The molecule has 0 spiro atoms. The predicted molar refractivity (Wildman–Crippen MR) is 135 cm³/mol. The van der Waals surface area contributed by atoms with Gasteiger partial charge in [0, 0.05) is 42.3 Å². The van der Waals surface area contributed by atoms with Crippen molar-refractivity contribution in [2.75, 3.05) is 27.2 Å². The molecule has 1 aliphatic heterocycles. The van der Waals surface area contributed by atoms with Gasteiger partial charge in [-0.15, -0.1) is 0 Å². The number of nitrogens with two attached hydrogens (primary N) is 1. The molecule has 5 atom stereocenters. The zero-order valence-corrected chi connectivity index (χ0v) is 22.2. The number of aliphatic hydroxyl groups excluding tert-OH is 2. The molecule has 0 bridgehead atoms. The fourth-order valence-corrected chi connectivity index (χ4v) is 6.18. The number of nitrogens with zero attached hydrogens (tertiary/aromatic N) is 2. The van der Waals surface area contributed by atoms with E-state index in [1.54, 1.807) is 4.90 Å². The summed E-state index contributed by atoms with van der Waals surface area (Å²) < 4.78 is 29.2. The van der Waals surface area contributed by atoms with Gasteiger partial charge >= 0.3 is 0 Å². The van der Waals surface area contributed by atoms with Crippen molar-refractivity contribution in [3.8, 4) is 5.75 Å². The van der Waals surface area contributed by atoms with Gasteiger partial charge in [-0.05, 0) is 38.9 Å². The minimum atomic E-state index is -2.84. The van der Waals surface area contributed by atoms with Crippen molar-refractivity contribution in [1.29, 1.82) is 0 Å². The van der Waals surface area contributed by atoms with Crippen LogP contribution in [0, 0.1) is 17.7 Å². The van der Waals surface area contributed by atoms with Gasteiger partial charge < -0.3 is 26.2 Å². The van der Waals surface area contributed by atoms with Crippen LogP contribution in [0.3, 0.4) is 0 Å². The molecule has 1 fully saturated rings. The highest BCUT2D eigenvalue weighted by atomic mass is 19.1. The number of alkyl halides is 1. The summed E-state index contributed by atoms with van der Waals surface area (Å²) in [6, 6.07) is -0.0541. The number of benzene rings is 1. The number of hydrogen-bond donors (Lipinski definition) is 5. The number of fused-ring (bicyclic) bond motifs is 1. The van der Waals surface area contributed by atoms with Crippen molar-refractivity contribution in [1.82, 2.24) is 9.80 Å². The fourth-order valence-electron chi connectivity index (χ4n) is 6.18. The van der Waals surface area contributed by atoms with Crippen molar-refractivity contribution in [3.05, 3.63) is 51.2 Å². The number of phenols is 1. The third-order valence-electron chi connectivity index (χ3n) is 8.16. The van der Waals surface area contributed by atoms with Crippen LogP contribution in [-0.2, 0) is 22.6 Å². The highest BCUT2D eigenvalue weighted by Crippen LogP contribution is 2.45. The number of Topliss-reactive ketones (excluding diaryl/α,β-unsaturated/α-hetero) is 2. The lowest BCUT2D eigenvalue weighted by Crippen LogP contribution is -2.60. The summed E-state index contributed by atoms with van der Waals surface area (Å²) >= 11 is 0. The molecule has 1 heterocycles. The Balaban J connectivity index is 1.83. The number of ketones is 2. The number of aliphatic hydroxyl groups is 3. The summed E-state index contributed by atoms with van der Waals surface area (Å²) in [6.07, 6.45) is -0.870. The molecule has 12 heteroatoms. The number of rotatable bonds is 5. The van der Waals surface area contributed by atoms with Crippen LogP contribution in [0.1, 0.15) is 41.8 Å². The molecule has 2 aliphatic carbocycles. The van der Waals surface area contributed by atoms with Crippen LogP contribution in [0.2, 0.25) is 0 Å². The Morgan fingerprint density at radius 1 is 1.26 bits per heavy atom. The van der Waals surface area contributed by atoms with Crippen LogP contribution < -0.4 is 5.73 Å². The standard InChI is InChI=1S/C27H33F2N3O7/c1-11-7-15-18(16(33)8-13(20(15)29)9-32-6-5-14(28)10-32)22(34)17(11)24(36)27(39)12(2)21(31(3)4)23(35)19(25(27)37)26(30)38/h8,11-12,14,21,33,35-36,39H,5-7,9-10H2,1-4H3,(H2,30,38)/b24-17-/t11-,12+,14+,21+,27+/m1/s1. The van der Waals surface area contributed by atoms with Gasteiger partial charge in [0.25, 0.3) is 5.91 Å². The topological polar surface area (TPSA) is 165 Å². The first-order valence-electron chi connectivity index (χ1n) is 12.7. The van der Waals surface area contributed by atoms with E-state index in [2.05, 4.69) is 0 Å². The van der Waals surface area contributed by atoms with Gasteiger partial charge in [-0.1, -0.05) is 13.8 Å². The largest absolute Gasteiger partial charge is 0.510 e. The monoisotopic (exact) mass is 549 g/mol. The number of aromatic hydroxyl groups is 1. The third-order valence-corrected chi connectivity index (χ3v) is 8.16. The summed E-state index contributed by atoms with van der Waals surface area (Å²) in [4.78, 5) is 42.2. The predicted octanol–water partition coefficient (Wildman–Crippen LogP) is 1.44. The number of carbonyl (C=O) groups is 3. The molecular weight excluding hydrogens is 516 g/mol. The van der Waals surface area contributed by atoms with Gasteiger partial charge in [0.15, 0.2) is 11.4 Å². The molecule has 0 aromatic heterocycles. The molecule has 0 unspecified atom stereocenters. The molecule has 6 N–H and O–H groups in total. The van der Waals surface area contributed by atoms with Gasteiger partial charge in [0.05, 0.1) is 11.6 Å². The van der Waals surface area contributed by atoms with E-state index in [0.717, 1.165) is 6.07 Å². The SMILES string of the molecule is C[C@@H]1Cc2c(F)c(CN3CC[C@H](F)C3)cc(O)c2C(=O)/C1=C(\O)[C@]1(O)C(=O)C(C(N)=O)=C(O)[C@@H](N(C)C)[C@@H]1C. The van der Waals surface area contributed by atoms with Crippen molar-refractivity contribution in [2.24, 2.45) is 17.6 Å². The van der Waals surface area contributed by atoms with Gasteiger partial charge in [-0.2, -0.15) is 0 Å². The number of primary amides is 1. The number of phenolic OH excluding ortho intramolecular Hbond substituents is 1. The molecule has 1 aromatic rings. The van der Waals surface area contributed by atoms with E-state index in [0.29, 0.717) is 13.0 Å². The molecule has 3 aliphatic rings. The van der Waals surface area contributed by atoms with E-state index in [-0.39, 0.29) is 30.6 Å². The Kier molecular flexibility index (Phi) is 7.34. The van der Waals surface area contributed by atoms with Gasteiger partial charge in [0.2, 0.25) is 5.78 Å². The van der Waals surface area contributed by atoms with E-state index in [9.17, 15) is 39.2 Å². The minimum absolute atomic E-state index is 0.0347. The van der Waals surface area contributed by atoms with Crippen molar-refractivity contribution in [3.63, 3.8) is 0 Å². The first-order valence-corrected chi connectivity index (χ1v) is 12.7. The third kappa shape index (κ3) is 4.40. The van der Waals surface area contributed by atoms with Crippen molar-refractivity contribution >= 4 is 17.5 Å². The first kappa shape index (κ1) is 28.7. The second kappa shape index (κ2) is 10.00. The molecule has 39 heavy (non-hydrogen) atoms. The van der Waals surface area contributed by atoms with E-state index in [4.69, 9.17) is 5.73 Å².